The van der Waals surface area contributed by atoms with Crippen LogP contribution < -0.4 is 16.0 Å². The summed E-state index contributed by atoms with van der Waals surface area (Å²) in [6.45, 7) is 1.38. The first kappa shape index (κ1) is 15.3. The van der Waals surface area contributed by atoms with Crippen molar-refractivity contribution in [1.82, 2.24) is 10.6 Å². The maximum Gasteiger partial charge on any atom is 0.291 e. The van der Waals surface area contributed by atoms with Crippen LogP contribution in [-0.2, 0) is 11.3 Å². The highest BCUT2D eigenvalue weighted by Crippen LogP contribution is 2.12. The number of furan rings is 1. The second-order valence-electron chi connectivity index (χ2n) is 5.50. The Kier molecular flexibility index (Phi) is 4.73. The fourth-order valence-corrected chi connectivity index (χ4v) is 2.53. The molecule has 1 atom stereocenters. The number of nitrogens with one attached hydrogen (secondary N) is 3. The molecule has 0 aliphatic carbocycles. The highest BCUT2D eigenvalue weighted by molar-refractivity contribution is 6.02. The van der Waals surface area contributed by atoms with Crippen molar-refractivity contribution in [2.45, 2.75) is 25.4 Å². The smallest absolute Gasteiger partial charge is 0.291 e. The van der Waals surface area contributed by atoms with Crippen LogP contribution in [0.5, 0.6) is 0 Å². The molecule has 120 valence electrons. The van der Waals surface area contributed by atoms with E-state index in [1.54, 1.807) is 24.3 Å². The molecular formula is C17H19N3O3. The molecule has 1 aliphatic rings. The largest absolute Gasteiger partial charge is 0.459 e. The van der Waals surface area contributed by atoms with Gasteiger partial charge in [0.1, 0.15) is 0 Å². The third-order valence-corrected chi connectivity index (χ3v) is 3.80. The zero-order chi connectivity index (χ0) is 16.1. The average Bonchev–Trinajstić information content (AvgIpc) is 3.27. The standard InChI is InChI=1S/C17H19N3O3/c21-16(14-3-1-9-18-14)19-11-12-5-7-13(8-6-12)20-17(22)15-4-2-10-23-15/h2,4-8,10,14,18H,1,3,9,11H2,(H,19,21)(H,20,22). The van der Waals surface area contributed by atoms with Crippen molar-refractivity contribution < 1.29 is 14.0 Å². The van der Waals surface area contributed by atoms with E-state index in [1.807, 2.05) is 12.1 Å². The van der Waals surface area contributed by atoms with Crippen LogP contribution in [0.1, 0.15) is 29.0 Å². The number of rotatable bonds is 5. The first-order chi connectivity index (χ1) is 11.2. The van der Waals surface area contributed by atoms with Gasteiger partial charge in [0.05, 0.1) is 12.3 Å². The van der Waals surface area contributed by atoms with Crippen LogP contribution in [0.25, 0.3) is 0 Å². The third-order valence-electron chi connectivity index (χ3n) is 3.80. The molecule has 3 rings (SSSR count). The number of amides is 2. The number of carbonyl (C=O) groups excluding carboxylic acids is 2. The number of hydrogen-bond donors (Lipinski definition) is 3. The molecule has 1 unspecified atom stereocenters. The van der Waals surface area contributed by atoms with Crippen molar-refractivity contribution in [3.8, 4) is 0 Å². The summed E-state index contributed by atoms with van der Waals surface area (Å²) < 4.78 is 5.04. The van der Waals surface area contributed by atoms with Gasteiger partial charge in [-0.1, -0.05) is 12.1 Å². The summed E-state index contributed by atoms with van der Waals surface area (Å²) in [4.78, 5) is 23.8. The third kappa shape index (κ3) is 3.98. The van der Waals surface area contributed by atoms with Crippen LogP contribution in [0.15, 0.2) is 47.1 Å². The molecule has 1 fully saturated rings. The summed E-state index contributed by atoms with van der Waals surface area (Å²) in [6.07, 6.45) is 3.39. The lowest BCUT2D eigenvalue weighted by molar-refractivity contribution is -0.122. The second-order valence-corrected chi connectivity index (χ2v) is 5.50. The van der Waals surface area contributed by atoms with Crippen LogP contribution in [0.2, 0.25) is 0 Å². The quantitative estimate of drug-likeness (QED) is 0.787. The van der Waals surface area contributed by atoms with Crippen molar-refractivity contribution in [2.75, 3.05) is 11.9 Å². The normalized spacial score (nSPS) is 17.0. The lowest BCUT2D eigenvalue weighted by Crippen LogP contribution is -2.39. The molecule has 1 aromatic carbocycles. The van der Waals surface area contributed by atoms with E-state index < -0.39 is 0 Å². The number of anilines is 1. The highest BCUT2D eigenvalue weighted by atomic mass is 16.3. The summed E-state index contributed by atoms with van der Waals surface area (Å²) >= 11 is 0. The number of carbonyl (C=O) groups is 2. The van der Waals surface area contributed by atoms with Gasteiger partial charge in [0.2, 0.25) is 5.91 Å². The lowest BCUT2D eigenvalue weighted by Gasteiger charge is -2.11. The van der Waals surface area contributed by atoms with Gasteiger partial charge in [-0.15, -0.1) is 0 Å². The average molecular weight is 313 g/mol. The Labute approximate surface area is 134 Å². The zero-order valence-electron chi connectivity index (χ0n) is 12.7. The van der Waals surface area contributed by atoms with E-state index >= 15 is 0 Å². The molecule has 0 saturated carbocycles. The summed E-state index contributed by atoms with van der Waals surface area (Å²) in [6, 6.07) is 10.6. The predicted octanol–water partition coefficient (Wildman–Crippen LogP) is 1.90. The molecular weight excluding hydrogens is 294 g/mol. The summed E-state index contributed by atoms with van der Waals surface area (Å²) in [5.74, 6) is 0.0199. The lowest BCUT2D eigenvalue weighted by atomic mass is 10.2. The minimum Gasteiger partial charge on any atom is -0.459 e. The Bertz CT molecular complexity index is 659. The van der Waals surface area contributed by atoms with E-state index in [0.29, 0.717) is 12.2 Å². The van der Waals surface area contributed by atoms with Gasteiger partial charge >= 0.3 is 0 Å². The molecule has 1 aromatic heterocycles. The Morgan fingerprint density at radius 3 is 2.70 bits per heavy atom. The maximum absolute atomic E-state index is 11.9. The van der Waals surface area contributed by atoms with E-state index in [9.17, 15) is 9.59 Å². The van der Waals surface area contributed by atoms with E-state index in [-0.39, 0.29) is 23.6 Å². The molecule has 2 aromatic rings. The summed E-state index contributed by atoms with van der Waals surface area (Å²) in [5, 5.41) is 8.84. The molecule has 0 radical (unpaired) electrons. The minimum absolute atomic E-state index is 0.0395. The fraction of sp³-hybridized carbons (Fsp3) is 0.294. The van der Waals surface area contributed by atoms with Gasteiger partial charge < -0.3 is 20.4 Å². The molecule has 2 heterocycles. The van der Waals surface area contributed by atoms with Crippen molar-refractivity contribution in [3.63, 3.8) is 0 Å². The molecule has 6 nitrogen and oxygen atoms in total. The maximum atomic E-state index is 11.9. The Hall–Kier alpha value is -2.60. The first-order valence-corrected chi connectivity index (χ1v) is 7.67. The van der Waals surface area contributed by atoms with E-state index in [0.717, 1.165) is 24.9 Å². The summed E-state index contributed by atoms with van der Waals surface area (Å²) in [7, 11) is 0. The van der Waals surface area contributed by atoms with Gasteiger partial charge in [-0.25, -0.2) is 0 Å². The molecule has 1 aliphatic heterocycles. The topological polar surface area (TPSA) is 83.4 Å². The van der Waals surface area contributed by atoms with E-state index in [4.69, 9.17) is 4.42 Å². The van der Waals surface area contributed by atoms with Gasteiger partial charge in [0, 0.05) is 12.2 Å². The van der Waals surface area contributed by atoms with Crippen LogP contribution in [0, 0.1) is 0 Å². The Morgan fingerprint density at radius 1 is 1.22 bits per heavy atom. The SMILES string of the molecule is O=C(Nc1ccc(CNC(=O)C2CCCN2)cc1)c1ccco1. The zero-order valence-corrected chi connectivity index (χ0v) is 12.7. The van der Waals surface area contributed by atoms with Gasteiger partial charge in [0.15, 0.2) is 5.76 Å². The van der Waals surface area contributed by atoms with Crippen LogP contribution in [-0.4, -0.2) is 24.4 Å². The van der Waals surface area contributed by atoms with Gasteiger partial charge in [-0.2, -0.15) is 0 Å². The monoisotopic (exact) mass is 313 g/mol. The van der Waals surface area contributed by atoms with Crippen molar-refractivity contribution in [1.29, 1.82) is 0 Å². The fourth-order valence-electron chi connectivity index (χ4n) is 2.53. The molecule has 23 heavy (non-hydrogen) atoms. The first-order valence-electron chi connectivity index (χ1n) is 7.67. The van der Waals surface area contributed by atoms with Gasteiger partial charge in [-0.3, -0.25) is 9.59 Å². The van der Waals surface area contributed by atoms with Crippen molar-refractivity contribution in [2.24, 2.45) is 0 Å². The Morgan fingerprint density at radius 2 is 2.04 bits per heavy atom. The Balaban J connectivity index is 1.50. The van der Waals surface area contributed by atoms with Crippen LogP contribution in [0.4, 0.5) is 5.69 Å². The van der Waals surface area contributed by atoms with Crippen LogP contribution >= 0.6 is 0 Å². The molecule has 3 N–H and O–H groups in total. The molecule has 6 heteroatoms. The predicted molar refractivity (Wildman–Crippen MR) is 86.0 cm³/mol. The van der Waals surface area contributed by atoms with E-state index in [2.05, 4.69) is 16.0 Å². The van der Waals surface area contributed by atoms with Crippen molar-refractivity contribution >= 4 is 17.5 Å². The highest BCUT2D eigenvalue weighted by Gasteiger charge is 2.21. The van der Waals surface area contributed by atoms with E-state index in [1.165, 1.54) is 6.26 Å². The molecule has 0 bridgehead atoms. The molecule has 1 saturated heterocycles. The van der Waals surface area contributed by atoms with Gasteiger partial charge in [-0.05, 0) is 49.2 Å². The van der Waals surface area contributed by atoms with Crippen molar-refractivity contribution in [3.05, 3.63) is 54.0 Å². The molecule has 2 amide bonds. The second kappa shape index (κ2) is 7.11. The van der Waals surface area contributed by atoms with Crippen LogP contribution in [0.3, 0.4) is 0 Å². The minimum atomic E-state index is -0.289. The number of benzene rings is 1. The van der Waals surface area contributed by atoms with Gasteiger partial charge in [0.25, 0.3) is 5.91 Å². The number of hydrogen-bond acceptors (Lipinski definition) is 4. The summed E-state index contributed by atoms with van der Waals surface area (Å²) in [5.41, 5.74) is 1.66. The molecule has 0 spiro atoms.